The first-order valence-electron chi connectivity index (χ1n) is 1.89. The van der Waals surface area contributed by atoms with Gasteiger partial charge in [-0.15, -0.1) is 0 Å². The molecule has 0 spiro atoms. The molecular weight excluding hydrogens is 102 g/mol. The molecule has 4 heteroatoms. The van der Waals surface area contributed by atoms with Gasteiger partial charge in [0.2, 0.25) is 0 Å². The van der Waals surface area contributed by atoms with Crippen molar-refractivity contribution >= 4 is 0 Å². The fourth-order valence-electron chi connectivity index (χ4n) is 0.0851. The molecule has 0 aliphatic rings. The fraction of sp³-hybridized carbons (Fsp3) is 1.00. The summed E-state index contributed by atoms with van der Waals surface area (Å²) in [6.45, 7) is -0.905. The van der Waals surface area contributed by atoms with Crippen molar-refractivity contribution in [2.45, 2.75) is 12.3 Å². The largest absolute Gasteiger partial charge is 0.322 e. The molecule has 0 aromatic rings. The van der Waals surface area contributed by atoms with Gasteiger partial charge in [-0.3, -0.25) is 0 Å². The zero-order valence-corrected chi connectivity index (χ0v) is 3.77. The molecule has 0 radical (unpaired) electrons. The molecule has 0 aliphatic carbocycles. The summed E-state index contributed by atoms with van der Waals surface area (Å²) < 4.78 is 22.7. The molecule has 0 aliphatic heterocycles. The van der Waals surface area contributed by atoms with E-state index in [9.17, 15) is 8.78 Å². The molecular formula is C3H8F2N2. The van der Waals surface area contributed by atoms with E-state index >= 15 is 0 Å². The van der Waals surface area contributed by atoms with E-state index in [0.717, 1.165) is 0 Å². The third-order valence-corrected chi connectivity index (χ3v) is 0.587. The molecule has 2 unspecified atom stereocenters. The van der Waals surface area contributed by atoms with Gasteiger partial charge >= 0.3 is 0 Å². The summed E-state index contributed by atoms with van der Waals surface area (Å²) in [6.07, 6.45) is -1.73. The van der Waals surface area contributed by atoms with E-state index in [4.69, 9.17) is 5.73 Å². The van der Waals surface area contributed by atoms with Crippen LogP contribution in [0.15, 0.2) is 0 Å². The predicted octanol–water partition coefficient (Wildman–Crippen LogP) is -0.462. The molecule has 2 nitrogen and oxygen atoms in total. The van der Waals surface area contributed by atoms with Crippen molar-refractivity contribution < 1.29 is 8.78 Å². The maximum absolute atomic E-state index is 11.5. The van der Waals surface area contributed by atoms with E-state index in [1.165, 1.54) is 0 Å². The van der Waals surface area contributed by atoms with Gasteiger partial charge in [0.25, 0.3) is 0 Å². The van der Waals surface area contributed by atoms with Crippen molar-refractivity contribution in [2.75, 3.05) is 6.67 Å². The van der Waals surface area contributed by atoms with Crippen LogP contribution < -0.4 is 11.5 Å². The van der Waals surface area contributed by atoms with Crippen molar-refractivity contribution in [3.05, 3.63) is 0 Å². The van der Waals surface area contributed by atoms with Crippen LogP contribution in [0.1, 0.15) is 0 Å². The summed E-state index contributed by atoms with van der Waals surface area (Å²) in [7, 11) is 0. The first-order valence-corrected chi connectivity index (χ1v) is 1.89. The first kappa shape index (κ1) is 6.78. The molecule has 0 aromatic heterocycles. The highest BCUT2D eigenvalue weighted by Crippen LogP contribution is 1.86. The molecule has 44 valence electrons. The first-order chi connectivity index (χ1) is 3.18. The zero-order valence-electron chi connectivity index (χ0n) is 3.77. The molecule has 0 fully saturated rings. The third kappa shape index (κ3) is 2.47. The summed E-state index contributed by atoms with van der Waals surface area (Å²) in [5.41, 5.74) is 9.26. The maximum atomic E-state index is 11.5. The molecule has 2 atom stereocenters. The smallest absolute Gasteiger partial charge is 0.166 e. The summed E-state index contributed by atoms with van der Waals surface area (Å²) in [6, 6.07) is -1.15. The van der Waals surface area contributed by atoms with Gasteiger partial charge in [-0.05, 0) is 0 Å². The molecule has 0 saturated carbocycles. The van der Waals surface area contributed by atoms with E-state index in [1.54, 1.807) is 0 Å². The summed E-state index contributed by atoms with van der Waals surface area (Å²) >= 11 is 0. The molecule has 0 bridgehead atoms. The molecule has 7 heavy (non-hydrogen) atoms. The van der Waals surface area contributed by atoms with Gasteiger partial charge in [-0.25, -0.2) is 8.78 Å². The Hall–Kier alpha value is -0.220. The van der Waals surface area contributed by atoms with Crippen molar-refractivity contribution in [1.82, 2.24) is 0 Å². The molecule has 0 saturated heterocycles. The Morgan fingerprint density at radius 3 is 1.86 bits per heavy atom. The number of alkyl halides is 2. The van der Waals surface area contributed by atoms with Gasteiger partial charge in [-0.2, -0.15) is 0 Å². The lowest BCUT2D eigenvalue weighted by molar-refractivity contribution is 0.253. The average molecular weight is 110 g/mol. The lowest BCUT2D eigenvalue weighted by Gasteiger charge is -2.05. The fourth-order valence-corrected chi connectivity index (χ4v) is 0.0851. The minimum atomic E-state index is -1.73. The van der Waals surface area contributed by atoms with Gasteiger partial charge in [-0.1, -0.05) is 0 Å². The van der Waals surface area contributed by atoms with Crippen LogP contribution in [0.4, 0.5) is 8.78 Å². The zero-order chi connectivity index (χ0) is 5.86. The lowest BCUT2D eigenvalue weighted by atomic mass is 10.3. The topological polar surface area (TPSA) is 52.0 Å². The lowest BCUT2D eigenvalue weighted by Crippen LogP contribution is -2.39. The third-order valence-electron chi connectivity index (χ3n) is 0.587. The summed E-state index contributed by atoms with van der Waals surface area (Å²) in [5.74, 6) is 0. The normalized spacial score (nSPS) is 18.9. The van der Waals surface area contributed by atoms with Crippen LogP contribution in [-0.4, -0.2) is 19.0 Å². The maximum Gasteiger partial charge on any atom is 0.166 e. The van der Waals surface area contributed by atoms with Crippen molar-refractivity contribution in [2.24, 2.45) is 11.5 Å². The van der Waals surface area contributed by atoms with Crippen LogP contribution in [0.3, 0.4) is 0 Å². The van der Waals surface area contributed by atoms with Gasteiger partial charge in [0.05, 0.1) is 6.04 Å². The second-order valence-electron chi connectivity index (χ2n) is 1.26. The second kappa shape index (κ2) is 2.87. The van der Waals surface area contributed by atoms with Gasteiger partial charge < -0.3 is 11.5 Å². The quantitative estimate of drug-likeness (QED) is 0.472. The van der Waals surface area contributed by atoms with Crippen LogP contribution in [0.5, 0.6) is 0 Å². The molecule has 0 heterocycles. The Kier molecular flexibility index (Phi) is 2.78. The van der Waals surface area contributed by atoms with E-state index in [2.05, 4.69) is 5.73 Å². The standard InChI is InChI=1S/C3H8F2N2/c4-1-2(6)3(5)7/h2-3H,1,6-7H2. The van der Waals surface area contributed by atoms with Crippen LogP contribution in [-0.2, 0) is 0 Å². The Labute approximate surface area is 40.5 Å². The Morgan fingerprint density at radius 1 is 1.43 bits per heavy atom. The second-order valence-corrected chi connectivity index (χ2v) is 1.26. The number of hydrogen-bond donors (Lipinski definition) is 2. The number of nitrogens with two attached hydrogens (primary N) is 2. The number of hydrogen-bond acceptors (Lipinski definition) is 2. The van der Waals surface area contributed by atoms with Crippen molar-refractivity contribution in [3.8, 4) is 0 Å². The number of halogens is 2. The summed E-state index contributed by atoms with van der Waals surface area (Å²) in [4.78, 5) is 0. The predicted molar refractivity (Wildman–Crippen MR) is 23.0 cm³/mol. The van der Waals surface area contributed by atoms with E-state index in [1.807, 2.05) is 0 Å². The Bertz CT molecular complexity index is 48.2. The van der Waals surface area contributed by atoms with Crippen molar-refractivity contribution in [3.63, 3.8) is 0 Å². The summed E-state index contributed by atoms with van der Waals surface area (Å²) in [5, 5.41) is 0. The van der Waals surface area contributed by atoms with E-state index < -0.39 is 19.0 Å². The average Bonchev–Trinajstić information content (AvgIpc) is 1.65. The van der Waals surface area contributed by atoms with Crippen LogP contribution in [0, 0.1) is 0 Å². The minimum Gasteiger partial charge on any atom is -0.322 e. The monoisotopic (exact) mass is 110 g/mol. The van der Waals surface area contributed by atoms with Gasteiger partial charge in [0, 0.05) is 0 Å². The Morgan fingerprint density at radius 2 is 1.86 bits per heavy atom. The van der Waals surface area contributed by atoms with E-state index in [0.29, 0.717) is 0 Å². The molecule has 4 N–H and O–H groups in total. The van der Waals surface area contributed by atoms with Gasteiger partial charge in [0.1, 0.15) is 6.67 Å². The van der Waals surface area contributed by atoms with Crippen molar-refractivity contribution in [1.29, 1.82) is 0 Å². The minimum absolute atomic E-state index is 0.905. The van der Waals surface area contributed by atoms with Gasteiger partial charge in [0.15, 0.2) is 6.30 Å². The van der Waals surface area contributed by atoms with Crippen LogP contribution in [0.25, 0.3) is 0 Å². The number of rotatable bonds is 2. The van der Waals surface area contributed by atoms with Crippen LogP contribution in [0.2, 0.25) is 0 Å². The Balaban J connectivity index is 3.14. The van der Waals surface area contributed by atoms with E-state index in [-0.39, 0.29) is 0 Å². The molecule has 0 amide bonds. The molecule has 0 aromatic carbocycles. The SMILES string of the molecule is NC(F)C(N)CF. The molecule has 0 rings (SSSR count). The highest BCUT2D eigenvalue weighted by Gasteiger charge is 2.08. The van der Waals surface area contributed by atoms with Crippen LogP contribution >= 0.6 is 0 Å². The highest BCUT2D eigenvalue weighted by molar-refractivity contribution is 4.63. The highest BCUT2D eigenvalue weighted by atomic mass is 19.1.